The first-order chi connectivity index (χ1) is 6.74. The zero-order chi connectivity index (χ0) is 10.4. The van der Waals surface area contributed by atoms with Crippen LogP contribution in [0.1, 0.15) is 32.6 Å². The van der Waals surface area contributed by atoms with Crippen molar-refractivity contribution in [2.75, 3.05) is 13.2 Å². The van der Waals surface area contributed by atoms with Crippen molar-refractivity contribution >= 4 is 5.97 Å². The molecule has 0 bridgehead atoms. The molecule has 0 spiro atoms. The van der Waals surface area contributed by atoms with E-state index in [1.807, 2.05) is 0 Å². The number of esters is 1. The van der Waals surface area contributed by atoms with Gasteiger partial charge in [0.05, 0.1) is 19.3 Å². The van der Waals surface area contributed by atoms with Crippen LogP contribution in [0, 0.1) is 0 Å². The number of epoxide rings is 1. The highest BCUT2D eigenvalue weighted by Crippen LogP contribution is 2.13. The molecule has 3 nitrogen and oxygen atoms in total. The van der Waals surface area contributed by atoms with E-state index >= 15 is 0 Å². The van der Waals surface area contributed by atoms with E-state index in [0.717, 1.165) is 32.3 Å². The maximum Gasteiger partial charge on any atom is 0.333 e. The van der Waals surface area contributed by atoms with E-state index in [4.69, 9.17) is 9.47 Å². The van der Waals surface area contributed by atoms with Gasteiger partial charge in [-0.25, -0.2) is 4.79 Å². The van der Waals surface area contributed by atoms with E-state index in [-0.39, 0.29) is 5.97 Å². The molecule has 3 heteroatoms. The lowest BCUT2D eigenvalue weighted by molar-refractivity contribution is -0.139. The topological polar surface area (TPSA) is 38.8 Å². The molecule has 0 radical (unpaired) electrons. The van der Waals surface area contributed by atoms with Gasteiger partial charge in [-0.05, 0) is 12.8 Å². The second-order valence-corrected chi connectivity index (χ2v) is 3.59. The van der Waals surface area contributed by atoms with E-state index in [2.05, 4.69) is 13.5 Å². The minimum atomic E-state index is -0.251. The van der Waals surface area contributed by atoms with Crippen LogP contribution in [0.25, 0.3) is 0 Å². The minimum Gasteiger partial charge on any atom is -0.462 e. The van der Waals surface area contributed by atoms with Crippen molar-refractivity contribution < 1.29 is 14.3 Å². The lowest BCUT2D eigenvalue weighted by atomic mass is 10.1. The summed E-state index contributed by atoms with van der Waals surface area (Å²) in [6.07, 6.45) is 3.95. The molecule has 14 heavy (non-hydrogen) atoms. The summed E-state index contributed by atoms with van der Waals surface area (Å²) in [6.45, 7) is 7.05. The number of hydrogen-bond donors (Lipinski definition) is 0. The van der Waals surface area contributed by atoms with E-state index in [1.165, 1.54) is 0 Å². The first-order valence-corrected chi connectivity index (χ1v) is 5.20. The van der Waals surface area contributed by atoms with Crippen molar-refractivity contribution in [1.82, 2.24) is 0 Å². The Kier molecular flexibility index (Phi) is 4.66. The molecule has 0 amide bonds. The number of hydrogen-bond acceptors (Lipinski definition) is 3. The molecule has 1 aliphatic heterocycles. The Morgan fingerprint density at radius 1 is 1.64 bits per heavy atom. The van der Waals surface area contributed by atoms with Crippen molar-refractivity contribution in [2.45, 2.75) is 38.7 Å². The quantitative estimate of drug-likeness (QED) is 0.357. The molecule has 1 fully saturated rings. The minimum absolute atomic E-state index is 0.251. The smallest absolute Gasteiger partial charge is 0.333 e. The molecule has 0 aliphatic carbocycles. The number of unbranched alkanes of at least 4 members (excludes halogenated alkanes) is 1. The van der Waals surface area contributed by atoms with Crippen molar-refractivity contribution in [3.05, 3.63) is 12.2 Å². The summed E-state index contributed by atoms with van der Waals surface area (Å²) in [6, 6.07) is 0. The standard InChI is InChI=1S/C11H18O3/c1-3-4-5-9(2)11(12)13-7-6-10-8-14-10/h10H,2-8H2,1H3. The fourth-order valence-corrected chi connectivity index (χ4v) is 1.11. The van der Waals surface area contributed by atoms with E-state index in [1.54, 1.807) is 0 Å². The summed E-state index contributed by atoms with van der Waals surface area (Å²) in [5, 5.41) is 0. The third-order valence-electron chi connectivity index (χ3n) is 2.20. The molecular weight excluding hydrogens is 180 g/mol. The summed E-state index contributed by atoms with van der Waals surface area (Å²) in [4.78, 5) is 11.3. The normalized spacial score (nSPS) is 19.1. The molecular formula is C11H18O3. The molecule has 0 aromatic rings. The summed E-state index contributed by atoms with van der Waals surface area (Å²) in [7, 11) is 0. The van der Waals surface area contributed by atoms with Crippen LogP contribution in [0.4, 0.5) is 0 Å². The fourth-order valence-electron chi connectivity index (χ4n) is 1.11. The SMILES string of the molecule is C=C(CCCC)C(=O)OCCC1CO1. The first-order valence-electron chi connectivity index (χ1n) is 5.20. The Morgan fingerprint density at radius 3 is 2.93 bits per heavy atom. The van der Waals surface area contributed by atoms with Crippen LogP contribution in [0.5, 0.6) is 0 Å². The molecule has 0 N–H and O–H groups in total. The number of ether oxygens (including phenoxy) is 2. The van der Waals surface area contributed by atoms with Gasteiger partial charge in [0.25, 0.3) is 0 Å². The van der Waals surface area contributed by atoms with Crippen LogP contribution in [0.3, 0.4) is 0 Å². The van der Waals surface area contributed by atoms with Gasteiger partial charge in [0.1, 0.15) is 0 Å². The van der Waals surface area contributed by atoms with Crippen molar-refractivity contribution in [3.63, 3.8) is 0 Å². The second-order valence-electron chi connectivity index (χ2n) is 3.59. The molecule has 0 saturated carbocycles. The molecule has 0 aromatic carbocycles. The predicted molar refractivity (Wildman–Crippen MR) is 54.0 cm³/mol. The summed E-state index contributed by atoms with van der Waals surface area (Å²) >= 11 is 0. The largest absolute Gasteiger partial charge is 0.462 e. The lowest BCUT2D eigenvalue weighted by Gasteiger charge is -2.05. The molecule has 1 unspecified atom stereocenters. The molecule has 1 rings (SSSR count). The Bertz CT molecular complexity index is 207. The van der Waals surface area contributed by atoms with Crippen molar-refractivity contribution in [1.29, 1.82) is 0 Å². The van der Waals surface area contributed by atoms with Crippen LogP contribution in [-0.4, -0.2) is 25.3 Å². The van der Waals surface area contributed by atoms with Gasteiger partial charge in [0.15, 0.2) is 0 Å². The molecule has 1 saturated heterocycles. The van der Waals surface area contributed by atoms with Crippen molar-refractivity contribution in [2.24, 2.45) is 0 Å². The monoisotopic (exact) mass is 198 g/mol. The highest BCUT2D eigenvalue weighted by atomic mass is 16.6. The Labute approximate surface area is 85.1 Å². The molecule has 0 aromatic heterocycles. The average molecular weight is 198 g/mol. The third-order valence-corrected chi connectivity index (χ3v) is 2.20. The zero-order valence-electron chi connectivity index (χ0n) is 8.75. The Hall–Kier alpha value is -0.830. The van der Waals surface area contributed by atoms with Crippen molar-refractivity contribution in [3.8, 4) is 0 Å². The Balaban J connectivity index is 2.03. The van der Waals surface area contributed by atoms with Crippen LogP contribution in [0.15, 0.2) is 12.2 Å². The summed E-state index contributed by atoms with van der Waals surface area (Å²) in [5.74, 6) is -0.251. The van der Waals surface area contributed by atoms with Crippen LogP contribution < -0.4 is 0 Å². The number of rotatable bonds is 7. The second kappa shape index (κ2) is 5.81. The van der Waals surface area contributed by atoms with Gasteiger partial charge in [-0.1, -0.05) is 19.9 Å². The maximum atomic E-state index is 11.3. The van der Waals surface area contributed by atoms with Gasteiger partial charge in [0, 0.05) is 12.0 Å². The average Bonchev–Trinajstić information content (AvgIpc) is 2.97. The Morgan fingerprint density at radius 2 is 2.36 bits per heavy atom. The molecule has 1 aliphatic rings. The van der Waals surface area contributed by atoms with Crippen LogP contribution in [0.2, 0.25) is 0 Å². The fraction of sp³-hybridized carbons (Fsp3) is 0.727. The van der Waals surface area contributed by atoms with E-state index < -0.39 is 0 Å². The van der Waals surface area contributed by atoms with E-state index in [0.29, 0.717) is 18.3 Å². The third kappa shape index (κ3) is 4.42. The molecule has 80 valence electrons. The highest BCUT2D eigenvalue weighted by molar-refractivity contribution is 5.87. The predicted octanol–water partition coefficient (Wildman–Crippen LogP) is 2.06. The molecule has 1 heterocycles. The number of carbonyl (C=O) groups is 1. The lowest BCUT2D eigenvalue weighted by Crippen LogP contribution is -2.09. The first kappa shape index (κ1) is 11.2. The van der Waals surface area contributed by atoms with Gasteiger partial charge >= 0.3 is 5.97 Å². The van der Waals surface area contributed by atoms with Gasteiger partial charge < -0.3 is 9.47 Å². The van der Waals surface area contributed by atoms with Gasteiger partial charge in [-0.2, -0.15) is 0 Å². The summed E-state index contributed by atoms with van der Waals surface area (Å²) < 4.78 is 10.0. The number of carbonyl (C=O) groups excluding carboxylic acids is 1. The van der Waals surface area contributed by atoms with Gasteiger partial charge in [-0.15, -0.1) is 0 Å². The van der Waals surface area contributed by atoms with Crippen LogP contribution >= 0.6 is 0 Å². The van der Waals surface area contributed by atoms with Gasteiger partial charge in [-0.3, -0.25) is 0 Å². The van der Waals surface area contributed by atoms with Crippen LogP contribution in [-0.2, 0) is 14.3 Å². The summed E-state index contributed by atoms with van der Waals surface area (Å²) in [5.41, 5.74) is 0.587. The zero-order valence-corrected chi connectivity index (χ0v) is 8.75. The highest BCUT2D eigenvalue weighted by Gasteiger charge is 2.22. The van der Waals surface area contributed by atoms with Gasteiger partial charge in [0.2, 0.25) is 0 Å². The molecule has 1 atom stereocenters. The van der Waals surface area contributed by atoms with E-state index in [9.17, 15) is 4.79 Å². The maximum absolute atomic E-state index is 11.3.